The van der Waals surface area contributed by atoms with Crippen molar-refractivity contribution in [3.8, 4) is 0 Å². The molecular weight excluding hydrogens is 252 g/mol. The Bertz CT molecular complexity index is 467. The summed E-state index contributed by atoms with van der Waals surface area (Å²) in [4.78, 5) is 22.5. The maximum atomic E-state index is 11.8. The molecule has 0 atom stereocenters. The van der Waals surface area contributed by atoms with Crippen LogP contribution in [0, 0.1) is 0 Å². The first kappa shape index (κ1) is 16.0. The van der Waals surface area contributed by atoms with Crippen LogP contribution in [0.5, 0.6) is 0 Å². The first-order chi connectivity index (χ1) is 9.59. The fraction of sp³-hybridized carbons (Fsp3) is 0.375. The summed E-state index contributed by atoms with van der Waals surface area (Å²) in [5.74, 6) is -0.0657. The zero-order valence-electron chi connectivity index (χ0n) is 12.1. The highest BCUT2D eigenvalue weighted by Crippen LogP contribution is 2.05. The summed E-state index contributed by atoms with van der Waals surface area (Å²) >= 11 is 0. The molecule has 0 aliphatic heterocycles. The topological polar surface area (TPSA) is 58.2 Å². The first-order valence-corrected chi connectivity index (χ1v) is 6.85. The average Bonchev–Trinajstić information content (AvgIpc) is 2.43. The van der Waals surface area contributed by atoms with Crippen LogP contribution >= 0.6 is 0 Å². The van der Waals surface area contributed by atoms with E-state index in [2.05, 4.69) is 10.6 Å². The summed E-state index contributed by atoms with van der Waals surface area (Å²) in [6.45, 7) is 4.58. The van der Waals surface area contributed by atoms with E-state index >= 15 is 0 Å². The molecule has 1 aromatic carbocycles. The van der Waals surface area contributed by atoms with E-state index in [4.69, 9.17) is 0 Å². The Morgan fingerprint density at radius 2 is 1.60 bits per heavy atom. The molecule has 1 aromatic rings. The molecule has 0 aliphatic rings. The zero-order chi connectivity index (χ0) is 14.8. The third-order valence-electron chi connectivity index (χ3n) is 2.80. The van der Waals surface area contributed by atoms with Crippen molar-refractivity contribution in [1.82, 2.24) is 10.6 Å². The van der Waals surface area contributed by atoms with Gasteiger partial charge in [-0.1, -0.05) is 30.3 Å². The van der Waals surface area contributed by atoms with Crippen molar-refractivity contribution in [1.29, 1.82) is 0 Å². The molecule has 0 saturated carbocycles. The van der Waals surface area contributed by atoms with Crippen molar-refractivity contribution < 1.29 is 9.59 Å². The molecule has 4 heteroatoms. The van der Waals surface area contributed by atoms with Crippen LogP contribution in [0.2, 0.25) is 0 Å². The third-order valence-corrected chi connectivity index (χ3v) is 2.80. The van der Waals surface area contributed by atoms with Gasteiger partial charge < -0.3 is 10.6 Å². The zero-order valence-corrected chi connectivity index (χ0v) is 12.1. The van der Waals surface area contributed by atoms with Crippen molar-refractivity contribution in [2.24, 2.45) is 0 Å². The number of carbonyl (C=O) groups excluding carboxylic acids is 2. The van der Waals surface area contributed by atoms with E-state index < -0.39 is 0 Å². The van der Waals surface area contributed by atoms with Gasteiger partial charge in [-0.25, -0.2) is 0 Å². The normalized spacial score (nSPS) is 11.0. The molecule has 0 fully saturated rings. The van der Waals surface area contributed by atoms with Gasteiger partial charge in [0.15, 0.2) is 0 Å². The Balaban J connectivity index is 2.25. The number of hydrogen-bond donors (Lipinski definition) is 2. The maximum absolute atomic E-state index is 11.8. The summed E-state index contributed by atoms with van der Waals surface area (Å²) in [5, 5.41) is 5.60. The lowest BCUT2D eigenvalue weighted by atomic mass is 10.1. The molecule has 0 spiro atoms. The number of benzene rings is 1. The van der Waals surface area contributed by atoms with Crippen LogP contribution in [0.1, 0.15) is 32.3 Å². The molecule has 1 rings (SSSR count). The Hall–Kier alpha value is -2.10. The predicted octanol–water partition coefficient (Wildman–Crippen LogP) is 2.12. The second-order valence-corrected chi connectivity index (χ2v) is 4.68. The Morgan fingerprint density at radius 3 is 2.20 bits per heavy atom. The number of carbonyl (C=O) groups is 2. The van der Waals surface area contributed by atoms with Crippen molar-refractivity contribution in [3.05, 3.63) is 41.5 Å². The molecule has 0 aromatic heterocycles. The summed E-state index contributed by atoms with van der Waals surface area (Å²) < 4.78 is 0. The largest absolute Gasteiger partial charge is 0.356 e. The molecule has 0 radical (unpaired) electrons. The predicted molar refractivity (Wildman–Crippen MR) is 81.0 cm³/mol. The highest BCUT2D eigenvalue weighted by atomic mass is 16.2. The van der Waals surface area contributed by atoms with Crippen molar-refractivity contribution in [2.75, 3.05) is 13.1 Å². The fourth-order valence-electron chi connectivity index (χ4n) is 1.72. The molecule has 4 nitrogen and oxygen atoms in total. The summed E-state index contributed by atoms with van der Waals surface area (Å²) in [6, 6.07) is 9.76. The van der Waals surface area contributed by atoms with E-state index in [0.29, 0.717) is 18.7 Å². The highest BCUT2D eigenvalue weighted by molar-refractivity contribution is 5.97. The maximum Gasteiger partial charge on any atom is 0.246 e. The number of hydrogen-bond acceptors (Lipinski definition) is 2. The molecule has 0 bridgehead atoms. The molecule has 108 valence electrons. The van der Waals surface area contributed by atoms with Gasteiger partial charge in [0.2, 0.25) is 11.8 Å². The van der Waals surface area contributed by atoms with Gasteiger partial charge in [0, 0.05) is 25.6 Å². The second-order valence-electron chi connectivity index (χ2n) is 4.68. The molecule has 20 heavy (non-hydrogen) atoms. The number of amides is 2. The van der Waals surface area contributed by atoms with Crippen LogP contribution in [-0.4, -0.2) is 24.9 Å². The SMILES string of the molecule is CC(=O)NCCCCNC(=O)/C(C)=C/c1ccccc1. The number of unbranched alkanes of at least 4 members (excludes halogenated alkanes) is 1. The molecule has 0 saturated heterocycles. The molecule has 0 heterocycles. The minimum Gasteiger partial charge on any atom is -0.356 e. The van der Waals surface area contributed by atoms with Gasteiger partial charge in [-0.3, -0.25) is 9.59 Å². The van der Waals surface area contributed by atoms with E-state index in [-0.39, 0.29) is 11.8 Å². The smallest absolute Gasteiger partial charge is 0.246 e. The van der Waals surface area contributed by atoms with Gasteiger partial charge in [0.05, 0.1) is 0 Å². The standard InChI is InChI=1S/C16H22N2O2/c1-13(12-15-8-4-3-5-9-15)16(20)18-11-7-6-10-17-14(2)19/h3-5,8-9,12H,6-7,10-11H2,1-2H3,(H,17,19)(H,18,20)/b13-12+. The van der Waals surface area contributed by atoms with Gasteiger partial charge in [0.1, 0.15) is 0 Å². The minimum absolute atomic E-state index is 0.0179. The molecule has 0 aliphatic carbocycles. The van der Waals surface area contributed by atoms with Crippen LogP contribution in [0.3, 0.4) is 0 Å². The quantitative estimate of drug-likeness (QED) is 0.591. The molecule has 0 unspecified atom stereocenters. The summed E-state index contributed by atoms with van der Waals surface area (Å²) in [6.07, 6.45) is 3.58. The molecule has 2 N–H and O–H groups in total. The number of nitrogens with one attached hydrogen (secondary N) is 2. The van der Waals surface area contributed by atoms with Crippen LogP contribution in [0.25, 0.3) is 6.08 Å². The molecular formula is C16H22N2O2. The number of rotatable bonds is 7. The summed E-state index contributed by atoms with van der Waals surface area (Å²) in [7, 11) is 0. The van der Waals surface area contributed by atoms with E-state index in [1.54, 1.807) is 6.92 Å². The third kappa shape index (κ3) is 6.73. The van der Waals surface area contributed by atoms with Crippen molar-refractivity contribution in [3.63, 3.8) is 0 Å². The lowest BCUT2D eigenvalue weighted by Gasteiger charge is -2.06. The van der Waals surface area contributed by atoms with E-state index in [0.717, 1.165) is 18.4 Å². The van der Waals surface area contributed by atoms with E-state index in [1.165, 1.54) is 6.92 Å². The monoisotopic (exact) mass is 274 g/mol. The minimum atomic E-state index is -0.0478. The van der Waals surface area contributed by atoms with Crippen LogP contribution in [0.4, 0.5) is 0 Å². The lowest BCUT2D eigenvalue weighted by molar-refractivity contribution is -0.119. The van der Waals surface area contributed by atoms with Crippen LogP contribution in [-0.2, 0) is 9.59 Å². The average molecular weight is 274 g/mol. The van der Waals surface area contributed by atoms with Gasteiger partial charge >= 0.3 is 0 Å². The Kier molecular flexibility index (Phi) is 7.11. The summed E-state index contributed by atoms with van der Waals surface area (Å²) in [5.41, 5.74) is 1.71. The van der Waals surface area contributed by atoms with E-state index in [9.17, 15) is 9.59 Å². The second kappa shape index (κ2) is 8.91. The van der Waals surface area contributed by atoms with Crippen LogP contribution in [0.15, 0.2) is 35.9 Å². The Labute approximate surface area is 120 Å². The van der Waals surface area contributed by atoms with Crippen molar-refractivity contribution >= 4 is 17.9 Å². The molecule has 2 amide bonds. The fourth-order valence-corrected chi connectivity index (χ4v) is 1.72. The van der Waals surface area contributed by atoms with Gasteiger partial charge in [0.25, 0.3) is 0 Å². The Morgan fingerprint density at radius 1 is 1.00 bits per heavy atom. The lowest BCUT2D eigenvalue weighted by Crippen LogP contribution is -2.26. The van der Waals surface area contributed by atoms with Crippen LogP contribution < -0.4 is 10.6 Å². The van der Waals surface area contributed by atoms with Crippen molar-refractivity contribution in [2.45, 2.75) is 26.7 Å². The highest BCUT2D eigenvalue weighted by Gasteiger charge is 2.03. The van der Waals surface area contributed by atoms with E-state index in [1.807, 2.05) is 36.4 Å². The van der Waals surface area contributed by atoms with Gasteiger partial charge in [-0.2, -0.15) is 0 Å². The van der Waals surface area contributed by atoms with Gasteiger partial charge in [-0.05, 0) is 31.4 Å². The first-order valence-electron chi connectivity index (χ1n) is 6.85. The van der Waals surface area contributed by atoms with Gasteiger partial charge in [-0.15, -0.1) is 0 Å².